The molecular formula is C45H60F5N7O13S. The van der Waals surface area contributed by atoms with Crippen molar-refractivity contribution in [2.75, 3.05) is 53.1 Å². The van der Waals surface area contributed by atoms with Crippen LogP contribution in [0.1, 0.15) is 50.9 Å². The molecule has 26 heteroatoms. The van der Waals surface area contributed by atoms with E-state index >= 15 is 0 Å². The monoisotopic (exact) mass is 1030 g/mol. The molecule has 10 N–H and O–H groups in total. The molecule has 0 spiro atoms. The van der Waals surface area contributed by atoms with Crippen molar-refractivity contribution < 1.29 is 85.8 Å². The van der Waals surface area contributed by atoms with Crippen LogP contribution >= 0.6 is 11.8 Å². The molecule has 5 unspecified atom stereocenters. The Balaban J connectivity index is 0.000000798. The molecule has 1 aromatic heterocycles. The molecule has 0 aliphatic carbocycles. The number of aliphatic hydroxyl groups excluding tert-OH is 1. The molecule has 0 fully saturated rings. The highest BCUT2D eigenvalue weighted by Crippen LogP contribution is 2.41. The average molecular weight is 1030 g/mol. The molecule has 3 aromatic rings. The van der Waals surface area contributed by atoms with Gasteiger partial charge in [0.1, 0.15) is 41.9 Å². The molecule has 0 radical (unpaired) electrons. The Morgan fingerprint density at radius 3 is 1.90 bits per heavy atom. The fourth-order valence-electron chi connectivity index (χ4n) is 6.56. The standard InChI is InChI=1S/C33H43F2N5O5.C10H16N2O6S.C2HF3O2/c1-33(2,3)30(40(29(42)20-41)14-13-26(37-5)31(43)38-27(17-36-4)32(44)45)28-15-22(24-16-23(34)11-12-25(24)35)19-39(28)18-21-9-7-6-8-10-21;1-11-6(9(15)16)5-19-7(10(17)18)4-8(14)12-2-3-13;3-2(4,5)1(6)7/h6-12,15-16,19,26-27,30,36-37,41H,13-14,17-18,20H2,1-5H3,(H,38,43)(H,44,45);3,6-7,11H,2,4-5H2,1H3,(H,12,14)(H,15,16)(H,17,18);(H,6,7). The van der Waals surface area contributed by atoms with Gasteiger partial charge in [-0.1, -0.05) is 51.1 Å². The lowest BCUT2D eigenvalue weighted by Gasteiger charge is -2.41. The van der Waals surface area contributed by atoms with E-state index in [1.165, 1.54) is 11.9 Å². The number of nitrogens with zero attached hydrogens (tertiary/aromatic N) is 2. The Bertz CT molecular complexity index is 2250. The van der Waals surface area contributed by atoms with Crippen LogP contribution in [0.2, 0.25) is 0 Å². The summed E-state index contributed by atoms with van der Waals surface area (Å²) in [6.45, 7) is 5.21. The van der Waals surface area contributed by atoms with E-state index in [1.807, 2.05) is 55.7 Å². The molecule has 0 aliphatic heterocycles. The van der Waals surface area contributed by atoms with Gasteiger partial charge in [0.2, 0.25) is 17.7 Å². The molecule has 1 heterocycles. The Morgan fingerprint density at radius 2 is 1.42 bits per heavy atom. The fourth-order valence-corrected chi connectivity index (χ4v) is 7.70. The summed E-state index contributed by atoms with van der Waals surface area (Å²) in [6, 6.07) is 10.9. The molecule has 5 atom stereocenters. The number of hydrogen-bond acceptors (Lipinski definition) is 13. The van der Waals surface area contributed by atoms with E-state index in [2.05, 4.69) is 26.6 Å². The van der Waals surface area contributed by atoms with E-state index in [9.17, 15) is 65.7 Å². The number of aromatic nitrogens is 1. The molecule has 0 saturated heterocycles. The Labute approximate surface area is 409 Å². The summed E-state index contributed by atoms with van der Waals surface area (Å²) in [4.78, 5) is 91.4. The fraction of sp³-hybridized carbons (Fsp3) is 0.467. The number of thioether (sulfide) groups is 1. The summed E-state index contributed by atoms with van der Waals surface area (Å²) in [5.41, 5.74) is 1.41. The highest BCUT2D eigenvalue weighted by Gasteiger charge is 2.39. The first-order valence-corrected chi connectivity index (χ1v) is 22.4. The maximum Gasteiger partial charge on any atom is 0.490 e. The predicted octanol–water partition coefficient (Wildman–Crippen LogP) is 2.34. The minimum absolute atomic E-state index is 0.0176. The summed E-state index contributed by atoms with van der Waals surface area (Å²) in [5.74, 6) is -9.13. The number of hydrogen-bond donors (Lipinski definition) is 10. The van der Waals surface area contributed by atoms with Gasteiger partial charge in [0.05, 0.1) is 18.6 Å². The number of halogens is 5. The SMILES string of the molecule is CNC(CSC(CC(=O)NCC=O)C(=O)O)C(=O)O.CNCC(NC(=O)C(CCN(C(=O)CO)C(c1cc(-c2cc(F)ccc2F)cn1Cc1ccccc1)C(C)(C)C)NC)C(=O)O.O=C(O)C(F)(F)F. The van der Waals surface area contributed by atoms with E-state index in [0.29, 0.717) is 24.1 Å². The van der Waals surface area contributed by atoms with Crippen molar-refractivity contribution in [3.63, 3.8) is 0 Å². The van der Waals surface area contributed by atoms with Crippen LogP contribution in [0.3, 0.4) is 0 Å². The van der Waals surface area contributed by atoms with Gasteiger partial charge in [-0.3, -0.25) is 24.0 Å². The van der Waals surface area contributed by atoms with Crippen molar-refractivity contribution in [2.24, 2.45) is 5.41 Å². The third kappa shape index (κ3) is 21.6. The maximum absolute atomic E-state index is 15.0. The normalized spacial score (nSPS) is 13.3. The maximum atomic E-state index is 15.0. The topological polar surface area (TPSA) is 306 Å². The number of benzene rings is 2. The first-order valence-electron chi connectivity index (χ1n) is 21.4. The summed E-state index contributed by atoms with van der Waals surface area (Å²) >= 11 is 0.860. The van der Waals surface area contributed by atoms with Crippen LogP contribution in [0.4, 0.5) is 22.0 Å². The van der Waals surface area contributed by atoms with Gasteiger partial charge in [0.15, 0.2) is 0 Å². The number of nitrogens with one attached hydrogen (secondary N) is 5. The van der Waals surface area contributed by atoms with Crippen molar-refractivity contribution in [3.05, 3.63) is 83.7 Å². The number of carboxylic acids is 4. The summed E-state index contributed by atoms with van der Waals surface area (Å²) < 4.78 is 62.8. The van der Waals surface area contributed by atoms with E-state index in [1.54, 1.807) is 26.4 Å². The van der Waals surface area contributed by atoms with Gasteiger partial charge in [-0.2, -0.15) is 13.2 Å². The van der Waals surface area contributed by atoms with E-state index in [4.69, 9.17) is 20.1 Å². The zero-order valence-corrected chi connectivity index (χ0v) is 40.4. The van der Waals surface area contributed by atoms with Gasteiger partial charge >= 0.3 is 30.1 Å². The Morgan fingerprint density at radius 1 is 0.831 bits per heavy atom. The smallest absolute Gasteiger partial charge is 0.480 e. The van der Waals surface area contributed by atoms with Crippen molar-refractivity contribution in [1.82, 2.24) is 36.1 Å². The van der Waals surface area contributed by atoms with E-state index in [-0.39, 0.29) is 43.8 Å². The number of carbonyl (C=O) groups is 8. The van der Waals surface area contributed by atoms with Gasteiger partial charge in [-0.05, 0) is 62.8 Å². The molecule has 0 aliphatic rings. The van der Waals surface area contributed by atoms with Crippen LogP contribution in [-0.4, -0.2) is 166 Å². The van der Waals surface area contributed by atoms with Gasteiger partial charge < -0.3 is 66.4 Å². The predicted molar refractivity (Wildman–Crippen MR) is 249 cm³/mol. The summed E-state index contributed by atoms with van der Waals surface area (Å²) in [6.07, 6.45) is -3.10. The molecule has 0 bridgehead atoms. The van der Waals surface area contributed by atoms with E-state index in [0.717, 1.165) is 35.5 Å². The van der Waals surface area contributed by atoms with Gasteiger partial charge in [0, 0.05) is 54.8 Å². The highest BCUT2D eigenvalue weighted by atomic mass is 32.2. The number of aliphatic carboxylic acids is 4. The van der Waals surface area contributed by atoms with Crippen molar-refractivity contribution >= 4 is 59.6 Å². The lowest BCUT2D eigenvalue weighted by atomic mass is 9.82. The number of likely N-dealkylation sites (N-methyl/N-ethyl adjacent to an activating group) is 3. The number of aliphatic hydroxyl groups is 1. The minimum atomic E-state index is -5.08. The molecule has 2 aromatic carbocycles. The molecular weight excluding hydrogens is 974 g/mol. The second-order valence-electron chi connectivity index (χ2n) is 16.3. The Hall–Kier alpha value is -6.48. The third-order valence-electron chi connectivity index (χ3n) is 9.96. The van der Waals surface area contributed by atoms with Crippen LogP contribution in [0, 0.1) is 17.0 Å². The third-order valence-corrected chi connectivity index (χ3v) is 11.3. The van der Waals surface area contributed by atoms with Gasteiger partial charge in [-0.25, -0.2) is 18.4 Å². The lowest BCUT2D eigenvalue weighted by Crippen LogP contribution is -2.53. The lowest BCUT2D eigenvalue weighted by molar-refractivity contribution is -0.192. The second-order valence-corrected chi connectivity index (χ2v) is 17.5. The molecule has 0 saturated carbocycles. The quantitative estimate of drug-likeness (QED) is 0.0430. The highest BCUT2D eigenvalue weighted by molar-refractivity contribution is 8.00. The average Bonchev–Trinajstić information content (AvgIpc) is 3.69. The molecule has 20 nitrogen and oxygen atoms in total. The number of carbonyl (C=O) groups excluding carboxylic acids is 4. The van der Waals surface area contributed by atoms with Gasteiger partial charge in [-0.15, -0.1) is 11.8 Å². The van der Waals surface area contributed by atoms with Crippen LogP contribution < -0.4 is 26.6 Å². The van der Waals surface area contributed by atoms with Crippen LogP contribution in [0.15, 0.2) is 60.8 Å². The number of carboxylic acid groups (broad SMARTS) is 4. The molecule has 394 valence electrons. The van der Waals surface area contributed by atoms with Crippen LogP contribution in [0.5, 0.6) is 0 Å². The van der Waals surface area contributed by atoms with Crippen LogP contribution in [0.25, 0.3) is 11.1 Å². The minimum Gasteiger partial charge on any atom is -0.480 e. The largest absolute Gasteiger partial charge is 0.490 e. The first kappa shape index (κ1) is 62.5. The second kappa shape index (κ2) is 30.3. The summed E-state index contributed by atoms with van der Waals surface area (Å²) in [7, 11) is 4.58. The Kier molecular flexibility index (Phi) is 26.7. The van der Waals surface area contributed by atoms with Crippen molar-refractivity contribution in [2.45, 2.75) is 75.8 Å². The molecule has 3 amide bonds. The van der Waals surface area contributed by atoms with Crippen molar-refractivity contribution in [3.8, 4) is 11.1 Å². The number of alkyl halides is 3. The first-order chi connectivity index (χ1) is 33.2. The van der Waals surface area contributed by atoms with Crippen LogP contribution in [-0.2, 0) is 44.9 Å². The molecule has 3 rings (SSSR count). The number of amides is 3. The molecule has 71 heavy (non-hydrogen) atoms. The summed E-state index contributed by atoms with van der Waals surface area (Å²) in [5, 5.41) is 56.2. The number of rotatable bonds is 25. The van der Waals surface area contributed by atoms with E-state index < -0.39 is 101 Å². The number of aldehydes is 1. The van der Waals surface area contributed by atoms with Crippen molar-refractivity contribution in [1.29, 1.82) is 0 Å². The zero-order valence-electron chi connectivity index (χ0n) is 39.6. The zero-order chi connectivity index (χ0) is 54.2. The van der Waals surface area contributed by atoms with Gasteiger partial charge in [0.25, 0.3) is 0 Å².